The second-order valence-corrected chi connectivity index (χ2v) is 3.80. The summed E-state index contributed by atoms with van der Waals surface area (Å²) in [7, 11) is 0. The summed E-state index contributed by atoms with van der Waals surface area (Å²) < 4.78 is 5.44. The lowest BCUT2D eigenvalue weighted by molar-refractivity contribution is 0.598. The number of hydrogen-bond acceptors (Lipinski definition) is 2. The number of hydrogen-bond donors (Lipinski definition) is 1. The van der Waals surface area contributed by atoms with E-state index in [1.165, 1.54) is 10.9 Å². The summed E-state index contributed by atoms with van der Waals surface area (Å²) in [5.74, 6) is 0. The van der Waals surface area contributed by atoms with Gasteiger partial charge in [-0.3, -0.25) is 0 Å². The summed E-state index contributed by atoms with van der Waals surface area (Å²) in [4.78, 5) is 0. The Bertz CT molecular complexity index is 454. The highest BCUT2D eigenvalue weighted by atomic mass is 16.3. The van der Waals surface area contributed by atoms with Crippen LogP contribution in [-0.2, 0) is 5.54 Å². The molecule has 0 aliphatic heterocycles. The van der Waals surface area contributed by atoms with Crippen molar-refractivity contribution in [2.75, 3.05) is 0 Å². The Hall–Kier alpha value is -1.28. The van der Waals surface area contributed by atoms with Gasteiger partial charge in [0.1, 0.15) is 5.58 Å². The van der Waals surface area contributed by atoms with Gasteiger partial charge in [-0.15, -0.1) is 0 Å². The topological polar surface area (TPSA) is 39.2 Å². The van der Waals surface area contributed by atoms with Gasteiger partial charge in [0.25, 0.3) is 0 Å². The molecule has 2 heteroatoms. The lowest BCUT2D eigenvalue weighted by Crippen LogP contribution is -2.17. The molecule has 1 heterocycles. The molecule has 0 spiro atoms. The van der Waals surface area contributed by atoms with Gasteiger partial charge in [0, 0.05) is 16.5 Å². The Balaban J connectivity index is 2.30. The third kappa shape index (κ3) is 0.923. The predicted molar refractivity (Wildman–Crippen MR) is 51.3 cm³/mol. The zero-order valence-electron chi connectivity index (χ0n) is 7.29. The third-order valence-electron chi connectivity index (χ3n) is 2.81. The molecule has 2 aromatic rings. The van der Waals surface area contributed by atoms with Crippen LogP contribution >= 0.6 is 0 Å². The summed E-state index contributed by atoms with van der Waals surface area (Å²) in [5, 5.41) is 1.17. The Labute approximate surface area is 76.3 Å². The second-order valence-electron chi connectivity index (χ2n) is 3.80. The zero-order valence-corrected chi connectivity index (χ0v) is 7.29. The van der Waals surface area contributed by atoms with E-state index >= 15 is 0 Å². The van der Waals surface area contributed by atoms with E-state index in [-0.39, 0.29) is 5.54 Å². The van der Waals surface area contributed by atoms with Gasteiger partial charge >= 0.3 is 0 Å². The smallest absolute Gasteiger partial charge is 0.134 e. The fourth-order valence-corrected chi connectivity index (χ4v) is 1.77. The van der Waals surface area contributed by atoms with Crippen LogP contribution in [0.2, 0.25) is 0 Å². The molecule has 0 saturated heterocycles. The van der Waals surface area contributed by atoms with E-state index in [0.717, 1.165) is 18.4 Å². The highest BCUT2D eigenvalue weighted by Crippen LogP contribution is 2.45. The normalized spacial score (nSPS) is 19.2. The molecule has 66 valence electrons. The van der Waals surface area contributed by atoms with E-state index in [2.05, 4.69) is 6.07 Å². The van der Waals surface area contributed by atoms with Crippen LogP contribution in [0.25, 0.3) is 11.0 Å². The van der Waals surface area contributed by atoms with Crippen LogP contribution in [0, 0.1) is 0 Å². The molecule has 1 aliphatic rings. The van der Waals surface area contributed by atoms with Gasteiger partial charge in [0.2, 0.25) is 0 Å². The van der Waals surface area contributed by atoms with Gasteiger partial charge in [0.05, 0.1) is 6.26 Å². The number of nitrogens with two attached hydrogens (primary N) is 1. The van der Waals surface area contributed by atoms with Crippen molar-refractivity contribution in [3.8, 4) is 0 Å². The summed E-state index contributed by atoms with van der Waals surface area (Å²) in [6.45, 7) is 0. The molecule has 0 bridgehead atoms. The molecule has 13 heavy (non-hydrogen) atoms. The Kier molecular flexibility index (Phi) is 1.18. The summed E-state index contributed by atoms with van der Waals surface area (Å²) in [6, 6.07) is 8.05. The lowest BCUT2D eigenvalue weighted by Gasteiger charge is -2.04. The number of para-hydroxylation sites is 1. The first-order chi connectivity index (χ1) is 6.30. The van der Waals surface area contributed by atoms with Crippen LogP contribution in [0.1, 0.15) is 18.4 Å². The zero-order chi connectivity index (χ0) is 8.89. The number of fused-ring (bicyclic) bond motifs is 1. The highest BCUT2D eigenvalue weighted by molar-refractivity contribution is 5.82. The van der Waals surface area contributed by atoms with E-state index in [9.17, 15) is 0 Å². The second kappa shape index (κ2) is 2.15. The molecule has 2 N–H and O–H groups in total. The van der Waals surface area contributed by atoms with E-state index in [1.807, 2.05) is 18.2 Å². The molecular formula is C11H11NO. The molecule has 1 aromatic heterocycles. The molecular weight excluding hydrogens is 162 g/mol. The maximum absolute atomic E-state index is 6.12. The van der Waals surface area contributed by atoms with Crippen molar-refractivity contribution in [3.05, 3.63) is 36.1 Å². The number of rotatable bonds is 1. The van der Waals surface area contributed by atoms with Gasteiger partial charge in [-0.05, 0) is 18.9 Å². The van der Waals surface area contributed by atoms with Gasteiger partial charge in [-0.2, -0.15) is 0 Å². The molecule has 2 nitrogen and oxygen atoms in total. The third-order valence-corrected chi connectivity index (χ3v) is 2.81. The largest absolute Gasteiger partial charge is 0.464 e. The highest BCUT2D eigenvalue weighted by Gasteiger charge is 2.42. The van der Waals surface area contributed by atoms with Crippen molar-refractivity contribution in [2.24, 2.45) is 5.73 Å². The first-order valence-electron chi connectivity index (χ1n) is 4.55. The minimum absolute atomic E-state index is 0.0907. The van der Waals surface area contributed by atoms with E-state index in [0.29, 0.717) is 0 Å². The first kappa shape index (κ1) is 7.15. The molecule has 1 aliphatic carbocycles. The predicted octanol–water partition coefficient (Wildman–Crippen LogP) is 2.38. The van der Waals surface area contributed by atoms with Crippen molar-refractivity contribution >= 4 is 11.0 Å². The minimum Gasteiger partial charge on any atom is -0.464 e. The molecule has 0 radical (unpaired) electrons. The quantitative estimate of drug-likeness (QED) is 0.719. The van der Waals surface area contributed by atoms with Crippen LogP contribution in [0.15, 0.2) is 34.9 Å². The van der Waals surface area contributed by atoms with Gasteiger partial charge in [-0.1, -0.05) is 18.2 Å². The van der Waals surface area contributed by atoms with Gasteiger partial charge in [0.15, 0.2) is 0 Å². The molecule has 3 rings (SSSR count). The van der Waals surface area contributed by atoms with Crippen LogP contribution in [-0.4, -0.2) is 0 Å². The van der Waals surface area contributed by atoms with Crippen LogP contribution in [0.5, 0.6) is 0 Å². The van der Waals surface area contributed by atoms with E-state index < -0.39 is 0 Å². The van der Waals surface area contributed by atoms with Crippen molar-refractivity contribution in [1.29, 1.82) is 0 Å². The summed E-state index contributed by atoms with van der Waals surface area (Å²) >= 11 is 0. The Morgan fingerprint density at radius 2 is 2.00 bits per heavy atom. The molecule has 0 unspecified atom stereocenters. The van der Waals surface area contributed by atoms with Crippen molar-refractivity contribution in [3.63, 3.8) is 0 Å². The molecule has 1 fully saturated rings. The molecule has 1 aromatic carbocycles. The van der Waals surface area contributed by atoms with Crippen LogP contribution in [0.4, 0.5) is 0 Å². The maximum atomic E-state index is 6.12. The van der Waals surface area contributed by atoms with Crippen LogP contribution in [0.3, 0.4) is 0 Å². The fraction of sp³-hybridized carbons (Fsp3) is 0.273. The molecule has 0 atom stereocenters. The summed E-state index contributed by atoms with van der Waals surface area (Å²) in [5.41, 5.74) is 8.14. The average Bonchev–Trinajstić information content (AvgIpc) is 2.76. The average molecular weight is 173 g/mol. The lowest BCUT2D eigenvalue weighted by atomic mass is 10.1. The fourth-order valence-electron chi connectivity index (χ4n) is 1.77. The van der Waals surface area contributed by atoms with Crippen molar-refractivity contribution < 1.29 is 4.42 Å². The molecule has 0 amide bonds. The number of furan rings is 1. The molecule has 1 saturated carbocycles. The SMILES string of the molecule is NC1(c2coc3ccccc23)CC1. The van der Waals surface area contributed by atoms with Crippen LogP contribution < -0.4 is 5.73 Å². The van der Waals surface area contributed by atoms with Crippen molar-refractivity contribution in [2.45, 2.75) is 18.4 Å². The van der Waals surface area contributed by atoms with E-state index in [4.69, 9.17) is 10.2 Å². The minimum atomic E-state index is -0.0907. The summed E-state index contributed by atoms with van der Waals surface area (Å²) in [6.07, 6.45) is 3.96. The maximum Gasteiger partial charge on any atom is 0.134 e. The monoisotopic (exact) mass is 173 g/mol. The first-order valence-corrected chi connectivity index (χ1v) is 4.55. The standard InChI is InChI=1S/C11H11NO/c12-11(5-6-11)9-7-13-10-4-2-1-3-8(9)10/h1-4,7H,5-6,12H2. The van der Waals surface area contributed by atoms with Gasteiger partial charge < -0.3 is 10.2 Å². The van der Waals surface area contributed by atoms with Crippen molar-refractivity contribution in [1.82, 2.24) is 0 Å². The van der Waals surface area contributed by atoms with Gasteiger partial charge in [-0.25, -0.2) is 0 Å². The van der Waals surface area contributed by atoms with E-state index in [1.54, 1.807) is 6.26 Å². The Morgan fingerprint density at radius 1 is 1.23 bits per heavy atom. The Morgan fingerprint density at radius 3 is 2.77 bits per heavy atom. The number of benzene rings is 1.